The molecule has 2 aromatic rings. The number of carboxylic acid groups (broad SMARTS) is 1. The number of benzene rings is 2. The van der Waals surface area contributed by atoms with Crippen molar-refractivity contribution in [3.63, 3.8) is 0 Å². The first-order valence-corrected chi connectivity index (χ1v) is 7.42. The number of carbonyl (C=O) groups excluding carboxylic acids is 2. The van der Waals surface area contributed by atoms with Gasteiger partial charge in [0.15, 0.2) is 0 Å². The molecule has 0 aliphatic heterocycles. The molecule has 4 N–H and O–H groups in total. The minimum Gasteiger partial charge on any atom is -0.507 e. The molecular weight excluding hydrogens is 354 g/mol. The molecule has 0 radical (unpaired) electrons. The van der Waals surface area contributed by atoms with Crippen LogP contribution in [0.2, 0.25) is 0 Å². The van der Waals surface area contributed by atoms with Gasteiger partial charge in [-0.15, -0.1) is 0 Å². The molecule has 1 amide bonds. The normalized spacial score (nSPS) is 9.78. The van der Waals surface area contributed by atoms with E-state index < -0.39 is 29.3 Å². The molecule has 136 valence electrons. The van der Waals surface area contributed by atoms with Crippen molar-refractivity contribution in [2.45, 2.75) is 6.92 Å². The lowest BCUT2D eigenvalue weighted by molar-refractivity contribution is -0.131. The number of esters is 1. The van der Waals surface area contributed by atoms with Crippen molar-refractivity contribution in [1.82, 2.24) is 0 Å². The molecule has 0 aliphatic rings. The summed E-state index contributed by atoms with van der Waals surface area (Å²) in [6, 6.07) is 9.01. The number of aromatic carboxylic acids is 1. The number of carboxylic acids is 1. The SMILES string of the molecule is CC(=O)Oc1ccc(C(=N)C(=O)Nc2ccc(C#N)cc2C(=O)O)c(O)c1. The second-order valence-electron chi connectivity index (χ2n) is 5.28. The summed E-state index contributed by atoms with van der Waals surface area (Å²) in [6.45, 7) is 1.18. The van der Waals surface area contributed by atoms with Crippen molar-refractivity contribution in [1.29, 1.82) is 10.7 Å². The molecule has 0 saturated heterocycles. The van der Waals surface area contributed by atoms with Gasteiger partial charge in [-0.05, 0) is 30.3 Å². The average molecular weight is 367 g/mol. The lowest BCUT2D eigenvalue weighted by Crippen LogP contribution is -2.24. The fourth-order valence-electron chi connectivity index (χ4n) is 2.16. The van der Waals surface area contributed by atoms with Crippen LogP contribution in [0.5, 0.6) is 11.5 Å². The topological polar surface area (TPSA) is 161 Å². The van der Waals surface area contributed by atoms with Gasteiger partial charge in [0.25, 0.3) is 5.91 Å². The van der Waals surface area contributed by atoms with E-state index in [0.29, 0.717) is 0 Å². The smallest absolute Gasteiger partial charge is 0.337 e. The molecule has 0 atom stereocenters. The molecule has 27 heavy (non-hydrogen) atoms. The molecule has 0 aromatic heterocycles. The number of hydrogen-bond donors (Lipinski definition) is 4. The highest BCUT2D eigenvalue weighted by Crippen LogP contribution is 2.25. The fraction of sp³-hybridized carbons (Fsp3) is 0.0556. The van der Waals surface area contributed by atoms with Crippen LogP contribution in [0.4, 0.5) is 5.69 Å². The predicted octanol–water partition coefficient (Wildman–Crippen LogP) is 1.89. The molecule has 9 heteroatoms. The van der Waals surface area contributed by atoms with E-state index in [1.807, 2.05) is 0 Å². The van der Waals surface area contributed by atoms with Gasteiger partial charge in [0.05, 0.1) is 22.9 Å². The van der Waals surface area contributed by atoms with Gasteiger partial charge in [-0.2, -0.15) is 5.26 Å². The highest BCUT2D eigenvalue weighted by atomic mass is 16.5. The zero-order valence-corrected chi connectivity index (χ0v) is 13.9. The third-order valence-corrected chi connectivity index (χ3v) is 3.35. The summed E-state index contributed by atoms with van der Waals surface area (Å²) in [5, 5.41) is 38.2. The van der Waals surface area contributed by atoms with Crippen LogP contribution in [0.1, 0.15) is 28.4 Å². The van der Waals surface area contributed by atoms with Crippen LogP contribution >= 0.6 is 0 Å². The second-order valence-corrected chi connectivity index (χ2v) is 5.28. The monoisotopic (exact) mass is 367 g/mol. The molecule has 9 nitrogen and oxygen atoms in total. The molecule has 0 aliphatic carbocycles. The maximum absolute atomic E-state index is 12.3. The number of hydrogen-bond acceptors (Lipinski definition) is 7. The Labute approximate surface area is 152 Å². The Hall–Kier alpha value is -4.19. The second kappa shape index (κ2) is 7.79. The van der Waals surface area contributed by atoms with Crippen LogP contribution in [-0.2, 0) is 9.59 Å². The van der Waals surface area contributed by atoms with E-state index in [9.17, 15) is 24.6 Å². The van der Waals surface area contributed by atoms with Gasteiger partial charge >= 0.3 is 11.9 Å². The quantitative estimate of drug-likeness (QED) is 0.356. The van der Waals surface area contributed by atoms with Crippen molar-refractivity contribution in [2.75, 3.05) is 5.32 Å². The van der Waals surface area contributed by atoms with E-state index in [-0.39, 0.29) is 28.1 Å². The number of rotatable bonds is 5. The Kier molecular flexibility index (Phi) is 5.53. The predicted molar refractivity (Wildman–Crippen MR) is 93.0 cm³/mol. The van der Waals surface area contributed by atoms with Crippen LogP contribution in [0, 0.1) is 16.7 Å². The van der Waals surface area contributed by atoms with Crippen LogP contribution in [0.3, 0.4) is 0 Å². The van der Waals surface area contributed by atoms with E-state index in [0.717, 1.165) is 12.1 Å². The van der Waals surface area contributed by atoms with Crippen LogP contribution < -0.4 is 10.1 Å². The van der Waals surface area contributed by atoms with E-state index >= 15 is 0 Å². The van der Waals surface area contributed by atoms with Crippen molar-refractivity contribution in [3.05, 3.63) is 53.1 Å². The zero-order valence-electron chi connectivity index (χ0n) is 13.9. The van der Waals surface area contributed by atoms with Crippen molar-refractivity contribution < 1.29 is 29.3 Å². The maximum Gasteiger partial charge on any atom is 0.337 e. The summed E-state index contributed by atoms with van der Waals surface area (Å²) >= 11 is 0. The zero-order chi connectivity index (χ0) is 20.1. The van der Waals surface area contributed by atoms with E-state index in [1.54, 1.807) is 6.07 Å². The van der Waals surface area contributed by atoms with Gasteiger partial charge in [-0.1, -0.05) is 0 Å². The van der Waals surface area contributed by atoms with Gasteiger partial charge in [-0.25, -0.2) is 4.79 Å². The van der Waals surface area contributed by atoms with E-state index in [4.69, 9.17) is 15.4 Å². The summed E-state index contributed by atoms with van der Waals surface area (Å²) in [4.78, 5) is 34.5. The number of carbonyl (C=O) groups is 3. The Bertz CT molecular complexity index is 1010. The summed E-state index contributed by atoms with van der Waals surface area (Å²) < 4.78 is 4.79. The van der Waals surface area contributed by atoms with Crippen molar-refractivity contribution in [2.24, 2.45) is 0 Å². The first-order chi connectivity index (χ1) is 12.7. The first kappa shape index (κ1) is 19.1. The van der Waals surface area contributed by atoms with Gasteiger partial charge in [0.2, 0.25) is 0 Å². The minimum atomic E-state index is -1.36. The number of nitriles is 1. The van der Waals surface area contributed by atoms with Gasteiger partial charge in [-0.3, -0.25) is 15.0 Å². The lowest BCUT2D eigenvalue weighted by atomic mass is 10.1. The third kappa shape index (κ3) is 4.46. The van der Waals surface area contributed by atoms with E-state index in [2.05, 4.69) is 5.32 Å². The molecule has 0 unspecified atom stereocenters. The Morgan fingerprint density at radius 3 is 2.41 bits per heavy atom. The number of amides is 1. The number of anilines is 1. The van der Waals surface area contributed by atoms with Crippen molar-refractivity contribution >= 4 is 29.2 Å². The molecule has 0 fully saturated rings. The summed E-state index contributed by atoms with van der Waals surface area (Å²) in [5.74, 6) is -3.36. The molecule has 0 spiro atoms. The standard InChI is InChI=1S/C18H13N3O6/c1-9(22)27-11-3-4-12(15(23)7-11)16(20)17(24)21-14-5-2-10(8-19)6-13(14)18(25)26/h2-7,20,23H,1H3,(H,21,24)(H,25,26). The number of nitrogens with zero attached hydrogens (tertiary/aromatic N) is 1. The van der Waals surface area contributed by atoms with E-state index in [1.165, 1.54) is 31.2 Å². The number of phenolic OH excluding ortho intramolecular Hbond substituents is 1. The summed E-state index contributed by atoms with van der Waals surface area (Å²) in [5.41, 5.74) is -1.10. The Balaban J connectivity index is 2.27. The van der Waals surface area contributed by atoms with Crippen LogP contribution in [0.25, 0.3) is 0 Å². The number of nitrogens with one attached hydrogen (secondary N) is 2. The maximum atomic E-state index is 12.3. The largest absolute Gasteiger partial charge is 0.507 e. The average Bonchev–Trinajstić information content (AvgIpc) is 2.60. The highest BCUT2D eigenvalue weighted by molar-refractivity contribution is 6.48. The Morgan fingerprint density at radius 2 is 1.85 bits per heavy atom. The van der Waals surface area contributed by atoms with Gasteiger partial charge in [0.1, 0.15) is 17.2 Å². The van der Waals surface area contributed by atoms with Crippen molar-refractivity contribution in [3.8, 4) is 17.6 Å². The number of aromatic hydroxyl groups is 1. The molecule has 0 bridgehead atoms. The van der Waals surface area contributed by atoms with Crippen LogP contribution in [0.15, 0.2) is 36.4 Å². The Morgan fingerprint density at radius 1 is 1.15 bits per heavy atom. The molecular formula is C18H13N3O6. The molecule has 0 saturated carbocycles. The molecule has 0 heterocycles. The lowest BCUT2D eigenvalue weighted by Gasteiger charge is -2.11. The van der Waals surface area contributed by atoms with Crippen LogP contribution in [-0.4, -0.2) is 33.8 Å². The number of phenols is 1. The molecule has 2 rings (SSSR count). The number of ether oxygens (including phenoxy) is 1. The first-order valence-electron chi connectivity index (χ1n) is 7.42. The van der Waals surface area contributed by atoms with Gasteiger partial charge in [0, 0.05) is 18.6 Å². The summed E-state index contributed by atoms with van der Waals surface area (Å²) in [7, 11) is 0. The van der Waals surface area contributed by atoms with Gasteiger partial charge < -0.3 is 20.3 Å². The minimum absolute atomic E-state index is 0.0391. The highest BCUT2D eigenvalue weighted by Gasteiger charge is 2.19. The third-order valence-electron chi connectivity index (χ3n) is 3.35. The summed E-state index contributed by atoms with van der Waals surface area (Å²) in [6.07, 6.45) is 0. The molecule has 2 aromatic carbocycles. The fourth-order valence-corrected chi connectivity index (χ4v) is 2.16.